The van der Waals surface area contributed by atoms with Gasteiger partial charge in [0.2, 0.25) is 12.7 Å². The third kappa shape index (κ3) is 3.31. The molecule has 0 saturated heterocycles. The zero-order valence-corrected chi connectivity index (χ0v) is 12.4. The normalized spacial score (nSPS) is 12.1. The quantitative estimate of drug-likeness (QED) is 0.881. The number of Topliss-reactive ketones (excluding diaryl/α,β-unsaturated/α-hetero) is 1. The van der Waals surface area contributed by atoms with E-state index in [0.29, 0.717) is 28.3 Å². The van der Waals surface area contributed by atoms with E-state index in [4.69, 9.17) is 9.47 Å². The van der Waals surface area contributed by atoms with Crippen molar-refractivity contribution in [1.29, 1.82) is 0 Å². The number of anilines is 1. The van der Waals surface area contributed by atoms with Gasteiger partial charge >= 0.3 is 0 Å². The van der Waals surface area contributed by atoms with Gasteiger partial charge in [-0.05, 0) is 30.7 Å². The van der Waals surface area contributed by atoms with Gasteiger partial charge in [-0.1, -0.05) is 12.1 Å². The number of halogens is 1. The number of hydrogen-bond acceptors (Lipinski definition) is 4. The molecule has 0 aliphatic carbocycles. The molecule has 1 heterocycles. The molecule has 1 aliphatic rings. The summed E-state index contributed by atoms with van der Waals surface area (Å²) in [5, 5.41) is 2.70. The van der Waals surface area contributed by atoms with Crippen LogP contribution in [-0.4, -0.2) is 18.5 Å². The number of carbonyl (C=O) groups is 2. The molecule has 0 unspecified atom stereocenters. The Kier molecular flexibility index (Phi) is 3.97. The van der Waals surface area contributed by atoms with E-state index in [9.17, 15) is 14.0 Å². The zero-order valence-electron chi connectivity index (χ0n) is 12.4. The number of fused-ring (bicyclic) bond motifs is 1. The minimum Gasteiger partial charge on any atom is -0.454 e. The molecule has 0 atom stereocenters. The summed E-state index contributed by atoms with van der Waals surface area (Å²) in [6.07, 6.45) is 0.0755. The van der Waals surface area contributed by atoms with E-state index in [2.05, 4.69) is 5.32 Å². The minimum atomic E-state index is -0.358. The first-order valence-electron chi connectivity index (χ1n) is 7.02. The Hall–Kier alpha value is -2.89. The van der Waals surface area contributed by atoms with Gasteiger partial charge in [0.1, 0.15) is 5.82 Å². The van der Waals surface area contributed by atoms with Gasteiger partial charge in [-0.2, -0.15) is 0 Å². The van der Waals surface area contributed by atoms with Gasteiger partial charge < -0.3 is 14.8 Å². The van der Waals surface area contributed by atoms with E-state index in [-0.39, 0.29) is 30.7 Å². The van der Waals surface area contributed by atoms with E-state index in [1.54, 1.807) is 24.3 Å². The number of rotatable bonds is 4. The molecular weight excluding hydrogens is 301 g/mol. The number of ether oxygens (including phenoxy) is 2. The van der Waals surface area contributed by atoms with E-state index in [1.165, 1.54) is 19.1 Å². The van der Waals surface area contributed by atoms with E-state index in [0.717, 1.165) is 0 Å². The van der Waals surface area contributed by atoms with Crippen molar-refractivity contribution in [1.82, 2.24) is 0 Å². The Morgan fingerprint density at radius 3 is 2.43 bits per heavy atom. The summed E-state index contributed by atoms with van der Waals surface area (Å²) in [5.41, 5.74) is 1.39. The van der Waals surface area contributed by atoms with Gasteiger partial charge in [0, 0.05) is 11.6 Å². The fraction of sp³-hybridized carbons (Fsp3) is 0.176. The van der Waals surface area contributed by atoms with Gasteiger partial charge in [-0.3, -0.25) is 9.59 Å². The summed E-state index contributed by atoms with van der Waals surface area (Å²) in [6, 6.07) is 8.80. The average Bonchev–Trinajstić information content (AvgIpc) is 2.96. The van der Waals surface area contributed by atoms with Crippen molar-refractivity contribution >= 4 is 17.4 Å². The van der Waals surface area contributed by atoms with Gasteiger partial charge in [0.25, 0.3) is 0 Å². The highest BCUT2D eigenvalue weighted by Crippen LogP contribution is 2.37. The van der Waals surface area contributed by atoms with E-state index < -0.39 is 0 Å². The van der Waals surface area contributed by atoms with Gasteiger partial charge in [-0.25, -0.2) is 4.39 Å². The third-order valence-corrected chi connectivity index (χ3v) is 3.44. The smallest absolute Gasteiger partial charge is 0.231 e. The molecule has 1 N–H and O–H groups in total. The molecule has 2 aromatic rings. The maximum absolute atomic E-state index is 12.9. The predicted octanol–water partition coefficient (Wildman–Crippen LogP) is 2.94. The fourth-order valence-corrected chi connectivity index (χ4v) is 2.32. The monoisotopic (exact) mass is 315 g/mol. The lowest BCUT2D eigenvalue weighted by atomic mass is 10.1. The number of hydrogen-bond donors (Lipinski definition) is 1. The second-order valence-corrected chi connectivity index (χ2v) is 5.16. The summed E-state index contributed by atoms with van der Waals surface area (Å²) in [4.78, 5) is 23.9. The average molecular weight is 315 g/mol. The topological polar surface area (TPSA) is 64.6 Å². The molecule has 0 fully saturated rings. The zero-order chi connectivity index (χ0) is 16.4. The molecule has 118 valence electrons. The Morgan fingerprint density at radius 2 is 1.78 bits per heavy atom. The Labute approximate surface area is 132 Å². The van der Waals surface area contributed by atoms with Crippen molar-refractivity contribution in [2.24, 2.45) is 0 Å². The molecule has 0 radical (unpaired) electrons. The third-order valence-electron chi connectivity index (χ3n) is 3.44. The molecular formula is C17H14FNO4. The van der Waals surface area contributed by atoms with Crippen LogP contribution in [0.3, 0.4) is 0 Å². The van der Waals surface area contributed by atoms with Gasteiger partial charge in [0.15, 0.2) is 17.3 Å². The van der Waals surface area contributed by atoms with Crippen molar-refractivity contribution in [3.8, 4) is 11.5 Å². The summed E-state index contributed by atoms with van der Waals surface area (Å²) in [6.45, 7) is 1.49. The van der Waals surface area contributed by atoms with Gasteiger partial charge in [-0.15, -0.1) is 0 Å². The van der Waals surface area contributed by atoms with Crippen molar-refractivity contribution < 1.29 is 23.5 Å². The highest BCUT2D eigenvalue weighted by Gasteiger charge is 2.20. The maximum Gasteiger partial charge on any atom is 0.231 e. The molecule has 3 rings (SSSR count). The van der Waals surface area contributed by atoms with Crippen molar-refractivity contribution in [2.45, 2.75) is 13.3 Å². The van der Waals surface area contributed by atoms with Crippen LogP contribution in [-0.2, 0) is 11.2 Å². The summed E-state index contributed by atoms with van der Waals surface area (Å²) >= 11 is 0. The van der Waals surface area contributed by atoms with Crippen LogP contribution >= 0.6 is 0 Å². The van der Waals surface area contributed by atoms with Gasteiger partial charge in [0.05, 0.1) is 12.1 Å². The van der Waals surface area contributed by atoms with Crippen LogP contribution < -0.4 is 14.8 Å². The van der Waals surface area contributed by atoms with Crippen molar-refractivity contribution in [3.05, 3.63) is 53.3 Å². The number of ketones is 1. The summed E-state index contributed by atoms with van der Waals surface area (Å²) in [7, 11) is 0. The second kappa shape index (κ2) is 6.08. The molecule has 2 aromatic carbocycles. The van der Waals surface area contributed by atoms with Crippen LogP contribution in [0.4, 0.5) is 10.1 Å². The highest BCUT2D eigenvalue weighted by molar-refractivity contribution is 6.04. The number of nitrogens with one attached hydrogen (secondary N) is 1. The molecule has 6 heteroatoms. The highest BCUT2D eigenvalue weighted by atomic mass is 19.1. The minimum absolute atomic E-state index is 0.0755. The maximum atomic E-state index is 12.9. The molecule has 0 bridgehead atoms. The number of carbonyl (C=O) groups excluding carboxylic acids is 2. The van der Waals surface area contributed by atoms with E-state index >= 15 is 0 Å². The molecule has 5 nitrogen and oxygen atoms in total. The molecule has 0 aromatic heterocycles. The fourth-order valence-electron chi connectivity index (χ4n) is 2.32. The summed E-state index contributed by atoms with van der Waals surface area (Å²) in [5.74, 6) is 0.0981. The van der Waals surface area contributed by atoms with Crippen LogP contribution in [0.5, 0.6) is 11.5 Å². The van der Waals surface area contributed by atoms with Crippen molar-refractivity contribution in [2.75, 3.05) is 12.1 Å². The molecule has 1 amide bonds. The number of amides is 1. The first-order valence-corrected chi connectivity index (χ1v) is 7.02. The Bertz CT molecular complexity index is 771. The molecule has 1 aliphatic heterocycles. The van der Waals surface area contributed by atoms with Crippen LogP contribution in [0.25, 0.3) is 0 Å². The standard InChI is InChI=1S/C17H14FNO4/c1-10(20)13-7-15-16(23-9-22-15)8-14(13)19-17(21)6-11-2-4-12(18)5-3-11/h2-5,7-8H,6,9H2,1H3,(H,19,21). The Morgan fingerprint density at radius 1 is 1.13 bits per heavy atom. The molecule has 0 spiro atoms. The number of benzene rings is 2. The lowest BCUT2D eigenvalue weighted by molar-refractivity contribution is -0.115. The SMILES string of the molecule is CC(=O)c1cc2c(cc1NC(=O)Cc1ccc(F)cc1)OCO2. The van der Waals surface area contributed by atoms with E-state index in [1.807, 2.05) is 0 Å². The predicted molar refractivity (Wildman–Crippen MR) is 81.3 cm³/mol. The van der Waals surface area contributed by atoms with Crippen molar-refractivity contribution in [3.63, 3.8) is 0 Å². The summed E-state index contributed by atoms with van der Waals surface area (Å²) < 4.78 is 23.4. The molecule has 0 saturated carbocycles. The first-order chi connectivity index (χ1) is 11.0. The van der Waals surface area contributed by atoms with Crippen LogP contribution in [0.15, 0.2) is 36.4 Å². The molecule has 23 heavy (non-hydrogen) atoms. The van der Waals surface area contributed by atoms with Crippen LogP contribution in [0, 0.1) is 5.82 Å². The second-order valence-electron chi connectivity index (χ2n) is 5.16. The lowest BCUT2D eigenvalue weighted by Gasteiger charge is -2.10. The Balaban J connectivity index is 1.80. The lowest BCUT2D eigenvalue weighted by Crippen LogP contribution is -2.16. The van der Waals surface area contributed by atoms with Crippen LogP contribution in [0.2, 0.25) is 0 Å². The largest absolute Gasteiger partial charge is 0.454 e. The first kappa shape index (κ1) is 15.0. The van der Waals surface area contributed by atoms with Crippen LogP contribution in [0.1, 0.15) is 22.8 Å².